The summed E-state index contributed by atoms with van der Waals surface area (Å²) in [6, 6.07) is 19.4. The van der Waals surface area contributed by atoms with Gasteiger partial charge in [-0.05, 0) is 61.9 Å². The number of fused-ring (bicyclic) bond motifs is 2. The second-order valence-electron chi connectivity index (χ2n) is 8.88. The van der Waals surface area contributed by atoms with E-state index >= 15 is 0 Å². The number of nitrogens with zero attached hydrogens (tertiary/aromatic N) is 3. The van der Waals surface area contributed by atoms with Crippen molar-refractivity contribution in [1.82, 2.24) is 14.9 Å². The summed E-state index contributed by atoms with van der Waals surface area (Å²) < 4.78 is 0. The average Bonchev–Trinajstić information content (AvgIpc) is 3.13. The molecule has 1 saturated heterocycles. The fourth-order valence-electron chi connectivity index (χ4n) is 5.26. The van der Waals surface area contributed by atoms with Gasteiger partial charge in [0.25, 0.3) is 0 Å². The largest absolute Gasteiger partial charge is 0.330 e. The summed E-state index contributed by atoms with van der Waals surface area (Å²) in [5.41, 5.74) is 12.3. The molecule has 1 aliphatic heterocycles. The van der Waals surface area contributed by atoms with E-state index in [9.17, 15) is 0 Å². The van der Waals surface area contributed by atoms with E-state index in [-0.39, 0.29) is 5.41 Å². The van der Waals surface area contributed by atoms with Gasteiger partial charge < -0.3 is 5.73 Å². The average molecular weight is 399 g/mol. The Kier molecular flexibility index (Phi) is 5.36. The number of rotatable bonds is 5. The van der Waals surface area contributed by atoms with E-state index in [1.165, 1.54) is 41.6 Å². The van der Waals surface area contributed by atoms with E-state index in [0.717, 1.165) is 43.9 Å². The molecule has 3 aromatic rings. The molecule has 1 spiro atoms. The lowest BCUT2D eigenvalue weighted by Crippen LogP contribution is -2.45. The van der Waals surface area contributed by atoms with Gasteiger partial charge in [0, 0.05) is 30.3 Å². The van der Waals surface area contributed by atoms with Gasteiger partial charge in [-0.25, -0.2) is 9.97 Å². The van der Waals surface area contributed by atoms with Gasteiger partial charge in [0.1, 0.15) is 0 Å². The van der Waals surface area contributed by atoms with Crippen LogP contribution >= 0.6 is 0 Å². The van der Waals surface area contributed by atoms with Crippen LogP contribution in [0.1, 0.15) is 41.6 Å². The number of nitrogens with two attached hydrogens (primary N) is 1. The molecule has 30 heavy (non-hydrogen) atoms. The second-order valence-corrected chi connectivity index (χ2v) is 8.88. The van der Waals surface area contributed by atoms with Crippen molar-refractivity contribution in [2.75, 3.05) is 19.6 Å². The van der Waals surface area contributed by atoms with Crippen LogP contribution in [0, 0.1) is 0 Å². The van der Waals surface area contributed by atoms with Crippen molar-refractivity contribution in [2.45, 2.75) is 44.1 Å². The van der Waals surface area contributed by atoms with E-state index in [1.807, 2.05) is 6.07 Å². The third kappa shape index (κ3) is 3.78. The summed E-state index contributed by atoms with van der Waals surface area (Å²) in [4.78, 5) is 12.4. The highest BCUT2D eigenvalue weighted by Gasteiger charge is 2.43. The topological polar surface area (TPSA) is 55.0 Å². The van der Waals surface area contributed by atoms with Crippen molar-refractivity contribution in [3.8, 4) is 11.4 Å². The quantitative estimate of drug-likeness (QED) is 0.702. The monoisotopic (exact) mass is 398 g/mol. The molecule has 2 N–H and O–H groups in total. The first-order valence-corrected chi connectivity index (χ1v) is 11.2. The zero-order valence-corrected chi connectivity index (χ0v) is 17.6. The Balaban J connectivity index is 1.37. The maximum atomic E-state index is 5.68. The van der Waals surface area contributed by atoms with Crippen molar-refractivity contribution in [2.24, 2.45) is 5.73 Å². The first-order valence-electron chi connectivity index (χ1n) is 11.2. The normalized spacial score (nSPS) is 21.1. The SMILES string of the molecule is NCCc1ccc(CN2CCCC3(CCc4cnc(-c5ccccc5)nc43)C2)cc1. The Hall–Kier alpha value is -2.56. The molecule has 1 aromatic heterocycles. The van der Waals surface area contributed by atoms with Crippen LogP contribution in [0.3, 0.4) is 0 Å². The molecule has 4 heteroatoms. The van der Waals surface area contributed by atoms with Gasteiger partial charge in [-0.15, -0.1) is 0 Å². The highest BCUT2D eigenvalue weighted by atomic mass is 15.1. The maximum Gasteiger partial charge on any atom is 0.159 e. The lowest BCUT2D eigenvalue weighted by Gasteiger charge is -2.40. The molecule has 2 aromatic carbocycles. The van der Waals surface area contributed by atoms with Crippen LogP contribution in [0.5, 0.6) is 0 Å². The minimum absolute atomic E-state index is 0.180. The van der Waals surface area contributed by atoms with Crippen LogP contribution in [-0.2, 0) is 24.8 Å². The molecule has 2 heterocycles. The van der Waals surface area contributed by atoms with Crippen molar-refractivity contribution in [3.63, 3.8) is 0 Å². The van der Waals surface area contributed by atoms with Crippen molar-refractivity contribution in [1.29, 1.82) is 0 Å². The molecule has 0 amide bonds. The lowest BCUT2D eigenvalue weighted by atomic mass is 9.77. The zero-order chi connectivity index (χ0) is 20.4. The fraction of sp³-hybridized carbons (Fsp3) is 0.385. The standard InChI is InChI=1S/C26H30N4/c27-15-12-20-7-9-21(10-8-20)18-30-16-4-13-26(19-30)14-11-23-17-28-25(29-24(23)26)22-5-2-1-3-6-22/h1-3,5-10,17H,4,11-16,18-19,27H2. The molecule has 1 aliphatic carbocycles. The van der Waals surface area contributed by atoms with Gasteiger partial charge in [0.15, 0.2) is 5.82 Å². The molecule has 0 radical (unpaired) electrons. The summed E-state index contributed by atoms with van der Waals surface area (Å²) >= 11 is 0. The predicted molar refractivity (Wildman–Crippen MR) is 121 cm³/mol. The fourth-order valence-corrected chi connectivity index (χ4v) is 5.26. The highest BCUT2D eigenvalue weighted by molar-refractivity contribution is 5.55. The van der Waals surface area contributed by atoms with Gasteiger partial charge in [-0.1, -0.05) is 54.6 Å². The number of hydrogen-bond acceptors (Lipinski definition) is 4. The Labute approximate surface area is 179 Å². The predicted octanol–water partition coefficient (Wildman–Crippen LogP) is 4.12. The minimum Gasteiger partial charge on any atom is -0.330 e. The number of likely N-dealkylation sites (tertiary alicyclic amines) is 1. The second kappa shape index (κ2) is 8.29. The molecule has 5 rings (SSSR count). The van der Waals surface area contributed by atoms with Crippen molar-refractivity contribution < 1.29 is 0 Å². The number of hydrogen-bond donors (Lipinski definition) is 1. The molecule has 4 nitrogen and oxygen atoms in total. The minimum atomic E-state index is 0.180. The number of benzene rings is 2. The van der Waals surface area contributed by atoms with E-state index < -0.39 is 0 Å². The molecular weight excluding hydrogens is 368 g/mol. The molecule has 1 unspecified atom stereocenters. The first-order chi connectivity index (χ1) is 14.8. The molecule has 154 valence electrons. The number of aryl methyl sites for hydroxylation is 1. The molecule has 0 bridgehead atoms. The first kappa shape index (κ1) is 19.4. The molecule has 0 saturated carbocycles. The summed E-state index contributed by atoms with van der Waals surface area (Å²) in [5, 5.41) is 0. The van der Waals surface area contributed by atoms with E-state index in [1.54, 1.807) is 0 Å². The van der Waals surface area contributed by atoms with E-state index in [2.05, 4.69) is 64.6 Å². The summed E-state index contributed by atoms with van der Waals surface area (Å²) in [7, 11) is 0. The van der Waals surface area contributed by atoms with Crippen LogP contribution in [0.2, 0.25) is 0 Å². The van der Waals surface area contributed by atoms with Crippen LogP contribution < -0.4 is 5.73 Å². The van der Waals surface area contributed by atoms with Crippen molar-refractivity contribution in [3.05, 3.63) is 83.2 Å². The van der Waals surface area contributed by atoms with Crippen LogP contribution in [0.25, 0.3) is 11.4 Å². The van der Waals surface area contributed by atoms with Gasteiger partial charge in [0.2, 0.25) is 0 Å². The Morgan fingerprint density at radius 2 is 1.77 bits per heavy atom. The Morgan fingerprint density at radius 3 is 2.57 bits per heavy atom. The Morgan fingerprint density at radius 1 is 0.967 bits per heavy atom. The van der Waals surface area contributed by atoms with Crippen molar-refractivity contribution >= 4 is 0 Å². The van der Waals surface area contributed by atoms with Crippen LogP contribution in [0.15, 0.2) is 60.8 Å². The Bertz CT molecular complexity index is 995. The van der Waals surface area contributed by atoms with Gasteiger partial charge in [-0.3, -0.25) is 4.90 Å². The van der Waals surface area contributed by atoms with Crippen LogP contribution in [0.4, 0.5) is 0 Å². The maximum absolute atomic E-state index is 5.68. The summed E-state index contributed by atoms with van der Waals surface area (Å²) in [5.74, 6) is 0.864. The van der Waals surface area contributed by atoms with E-state index in [4.69, 9.17) is 10.7 Å². The van der Waals surface area contributed by atoms with Gasteiger partial charge in [-0.2, -0.15) is 0 Å². The van der Waals surface area contributed by atoms with Crippen LogP contribution in [-0.4, -0.2) is 34.5 Å². The third-order valence-electron chi connectivity index (χ3n) is 6.79. The van der Waals surface area contributed by atoms with Gasteiger partial charge in [0.05, 0.1) is 5.69 Å². The number of aromatic nitrogens is 2. The lowest BCUT2D eigenvalue weighted by molar-refractivity contribution is 0.137. The third-order valence-corrected chi connectivity index (χ3v) is 6.79. The number of piperidine rings is 1. The molecular formula is C26H30N4. The molecule has 1 atom stereocenters. The van der Waals surface area contributed by atoms with E-state index in [0.29, 0.717) is 6.54 Å². The highest BCUT2D eigenvalue weighted by Crippen LogP contribution is 2.44. The molecule has 2 aliphatic rings. The molecule has 1 fully saturated rings. The zero-order valence-electron chi connectivity index (χ0n) is 17.6. The smallest absolute Gasteiger partial charge is 0.159 e. The summed E-state index contributed by atoms with van der Waals surface area (Å²) in [6.45, 7) is 3.98. The van der Waals surface area contributed by atoms with Gasteiger partial charge >= 0.3 is 0 Å². The summed E-state index contributed by atoms with van der Waals surface area (Å²) in [6.07, 6.45) is 7.79.